The van der Waals surface area contributed by atoms with Crippen LogP contribution in [0.2, 0.25) is 0 Å². The molecule has 5 rings (SSSR count). The first kappa shape index (κ1) is 24.7. The van der Waals surface area contributed by atoms with Crippen molar-refractivity contribution in [2.24, 2.45) is 0 Å². The number of sulfone groups is 2. The molecule has 8 nitrogen and oxygen atoms in total. The number of hydrogen-bond donors (Lipinski definition) is 1. The number of rotatable bonds is 7. The molecule has 2 heterocycles. The molecule has 1 atom stereocenters. The van der Waals surface area contributed by atoms with E-state index in [0.717, 1.165) is 0 Å². The van der Waals surface area contributed by atoms with Gasteiger partial charge in [-0.3, -0.25) is 9.78 Å². The van der Waals surface area contributed by atoms with Gasteiger partial charge in [0.05, 0.1) is 21.1 Å². The second kappa shape index (κ2) is 9.79. The van der Waals surface area contributed by atoms with Crippen LogP contribution in [0.1, 0.15) is 26.7 Å². The van der Waals surface area contributed by atoms with Crippen molar-refractivity contribution < 1.29 is 26.4 Å². The van der Waals surface area contributed by atoms with E-state index in [4.69, 9.17) is 4.74 Å². The Labute approximate surface area is 214 Å². The van der Waals surface area contributed by atoms with Gasteiger partial charge in [0.25, 0.3) is 5.91 Å². The van der Waals surface area contributed by atoms with Crippen LogP contribution in [0.15, 0.2) is 107 Å². The van der Waals surface area contributed by atoms with Gasteiger partial charge in [-0.2, -0.15) is 0 Å². The Morgan fingerprint density at radius 3 is 2.51 bits per heavy atom. The Hall–Kier alpha value is -4.02. The highest BCUT2D eigenvalue weighted by Crippen LogP contribution is 2.45. The van der Waals surface area contributed by atoms with Crippen LogP contribution in [0.5, 0.6) is 5.75 Å². The summed E-state index contributed by atoms with van der Waals surface area (Å²) in [4.78, 5) is 16.4. The Bertz CT molecular complexity index is 1670. The molecule has 1 aliphatic heterocycles. The van der Waals surface area contributed by atoms with Crippen LogP contribution in [0.3, 0.4) is 0 Å². The van der Waals surface area contributed by atoms with Crippen molar-refractivity contribution >= 4 is 31.3 Å². The third kappa shape index (κ3) is 4.98. The van der Waals surface area contributed by atoms with E-state index in [1.807, 2.05) is 0 Å². The van der Waals surface area contributed by atoms with Gasteiger partial charge in [0.1, 0.15) is 17.6 Å². The Morgan fingerprint density at radius 2 is 1.76 bits per heavy atom. The van der Waals surface area contributed by atoms with Gasteiger partial charge in [0.2, 0.25) is 0 Å². The van der Waals surface area contributed by atoms with Crippen molar-refractivity contribution in [3.8, 4) is 5.75 Å². The fraction of sp³-hybridized carbons (Fsp3) is 0.111. The first-order valence-corrected chi connectivity index (χ1v) is 14.5. The first-order chi connectivity index (χ1) is 17.8. The third-order valence-corrected chi connectivity index (χ3v) is 10.1. The molecular formula is C27H22N2O6S2. The van der Waals surface area contributed by atoms with Gasteiger partial charge in [-0.05, 0) is 54.1 Å². The largest absolute Gasteiger partial charge is 0.489 e. The standard InChI is InChI=1S/C27H22N2O6S2/c30-27(20-8-6-14-28-16-20)29-21-9-4-7-19(15-21)17-35-23-12-5-13-24-26(23)25(18-36(24,31)32)37(33,34)22-10-2-1-3-11-22/h1-16,25H,17-18H2,(H,29,30). The summed E-state index contributed by atoms with van der Waals surface area (Å²) in [5, 5.41) is 1.52. The Kier molecular flexibility index (Phi) is 6.53. The van der Waals surface area contributed by atoms with Crippen molar-refractivity contribution in [1.82, 2.24) is 4.98 Å². The number of aromatic nitrogens is 1. The van der Waals surface area contributed by atoms with Crippen molar-refractivity contribution in [2.75, 3.05) is 11.1 Å². The minimum Gasteiger partial charge on any atom is -0.489 e. The van der Waals surface area contributed by atoms with Crippen LogP contribution in [0.25, 0.3) is 0 Å². The van der Waals surface area contributed by atoms with Crippen molar-refractivity contribution in [2.45, 2.75) is 21.6 Å². The highest BCUT2D eigenvalue weighted by molar-refractivity contribution is 7.96. The third-order valence-electron chi connectivity index (χ3n) is 6.00. The van der Waals surface area contributed by atoms with E-state index in [2.05, 4.69) is 10.3 Å². The van der Waals surface area contributed by atoms with E-state index in [9.17, 15) is 21.6 Å². The molecule has 0 saturated heterocycles. The molecule has 1 unspecified atom stereocenters. The maximum atomic E-state index is 13.4. The lowest BCUT2D eigenvalue weighted by molar-refractivity contribution is 0.102. The molecule has 0 fully saturated rings. The average molecular weight is 535 g/mol. The van der Waals surface area contributed by atoms with Gasteiger partial charge in [-0.1, -0.05) is 36.4 Å². The lowest BCUT2D eigenvalue weighted by Crippen LogP contribution is -2.16. The number of amides is 1. The van der Waals surface area contributed by atoms with Crippen LogP contribution in [0, 0.1) is 0 Å². The zero-order chi connectivity index (χ0) is 26.0. The number of fused-ring (bicyclic) bond motifs is 1. The highest BCUT2D eigenvalue weighted by atomic mass is 32.2. The van der Waals surface area contributed by atoms with Gasteiger partial charge >= 0.3 is 0 Å². The quantitative estimate of drug-likeness (QED) is 0.377. The SMILES string of the molecule is O=C(Nc1cccc(COc2cccc3c2C(S(=O)(=O)c2ccccc2)CS3(=O)=O)c1)c1cccnc1. The molecule has 0 aliphatic carbocycles. The van der Waals surface area contributed by atoms with E-state index in [0.29, 0.717) is 16.8 Å². The maximum absolute atomic E-state index is 13.4. The van der Waals surface area contributed by atoms with E-state index < -0.39 is 30.7 Å². The normalized spacial score (nSPS) is 16.1. The summed E-state index contributed by atoms with van der Waals surface area (Å²) in [7, 11) is -7.80. The molecule has 1 aliphatic rings. The zero-order valence-corrected chi connectivity index (χ0v) is 21.1. The van der Waals surface area contributed by atoms with E-state index in [1.54, 1.807) is 66.9 Å². The first-order valence-electron chi connectivity index (χ1n) is 11.3. The molecule has 1 amide bonds. The van der Waals surface area contributed by atoms with Gasteiger partial charge in [-0.25, -0.2) is 16.8 Å². The number of hydrogen-bond acceptors (Lipinski definition) is 7. The van der Waals surface area contributed by atoms with Gasteiger partial charge < -0.3 is 10.1 Å². The number of nitrogens with one attached hydrogen (secondary N) is 1. The average Bonchev–Trinajstić information content (AvgIpc) is 3.20. The molecule has 188 valence electrons. The second-order valence-corrected chi connectivity index (χ2v) is 12.6. The fourth-order valence-electron chi connectivity index (χ4n) is 4.23. The van der Waals surface area contributed by atoms with Crippen LogP contribution in [-0.4, -0.2) is 33.5 Å². The number of benzene rings is 3. The minimum absolute atomic E-state index is 0.0329. The van der Waals surface area contributed by atoms with E-state index in [-0.39, 0.29) is 33.6 Å². The van der Waals surface area contributed by atoms with Crippen molar-refractivity contribution in [3.63, 3.8) is 0 Å². The summed E-state index contributed by atoms with van der Waals surface area (Å²) in [6.07, 6.45) is 3.04. The van der Waals surface area contributed by atoms with Crippen LogP contribution in [0.4, 0.5) is 5.69 Å². The molecule has 4 aromatic rings. The van der Waals surface area contributed by atoms with Gasteiger partial charge in [-0.15, -0.1) is 0 Å². The Morgan fingerprint density at radius 1 is 0.973 bits per heavy atom. The summed E-state index contributed by atoms with van der Waals surface area (Å²) < 4.78 is 58.5. The summed E-state index contributed by atoms with van der Waals surface area (Å²) >= 11 is 0. The number of carbonyl (C=O) groups is 1. The molecule has 37 heavy (non-hydrogen) atoms. The van der Waals surface area contributed by atoms with Crippen molar-refractivity contribution in [3.05, 3.63) is 114 Å². The van der Waals surface area contributed by atoms with Gasteiger partial charge in [0.15, 0.2) is 19.7 Å². The number of anilines is 1. The number of nitrogens with zero attached hydrogens (tertiary/aromatic N) is 1. The van der Waals surface area contributed by atoms with Crippen molar-refractivity contribution in [1.29, 1.82) is 0 Å². The lowest BCUT2D eigenvalue weighted by atomic mass is 10.1. The molecular weight excluding hydrogens is 512 g/mol. The molecule has 0 saturated carbocycles. The molecule has 0 radical (unpaired) electrons. The van der Waals surface area contributed by atoms with E-state index >= 15 is 0 Å². The van der Waals surface area contributed by atoms with E-state index in [1.165, 1.54) is 30.5 Å². The molecule has 1 aromatic heterocycles. The predicted octanol–water partition coefficient (Wildman–Crippen LogP) is 4.22. The lowest BCUT2D eigenvalue weighted by Gasteiger charge is -2.16. The molecule has 3 aromatic carbocycles. The number of pyridine rings is 1. The summed E-state index contributed by atoms with van der Waals surface area (Å²) in [6.45, 7) is 0.0329. The highest BCUT2D eigenvalue weighted by Gasteiger charge is 2.45. The molecule has 10 heteroatoms. The predicted molar refractivity (Wildman–Crippen MR) is 138 cm³/mol. The Balaban J connectivity index is 1.41. The summed E-state index contributed by atoms with van der Waals surface area (Å²) in [6, 6.07) is 22.6. The van der Waals surface area contributed by atoms with Crippen LogP contribution in [-0.2, 0) is 26.3 Å². The summed E-state index contributed by atoms with van der Waals surface area (Å²) in [5.41, 5.74) is 1.80. The fourth-order valence-corrected chi connectivity index (χ4v) is 8.59. The van der Waals surface area contributed by atoms with Gasteiger partial charge in [0, 0.05) is 23.6 Å². The monoisotopic (exact) mass is 534 g/mol. The maximum Gasteiger partial charge on any atom is 0.257 e. The van der Waals surface area contributed by atoms with Crippen LogP contribution < -0.4 is 10.1 Å². The topological polar surface area (TPSA) is 119 Å². The smallest absolute Gasteiger partial charge is 0.257 e. The number of ether oxygens (including phenoxy) is 1. The minimum atomic E-state index is -3.99. The zero-order valence-electron chi connectivity index (χ0n) is 19.4. The molecule has 0 bridgehead atoms. The molecule has 0 spiro atoms. The molecule has 1 N–H and O–H groups in total. The van der Waals surface area contributed by atoms with Crippen LogP contribution >= 0.6 is 0 Å². The number of carbonyl (C=O) groups excluding carboxylic acids is 1. The second-order valence-electron chi connectivity index (χ2n) is 8.48. The summed E-state index contributed by atoms with van der Waals surface area (Å²) in [5.74, 6) is -0.672.